The van der Waals surface area contributed by atoms with E-state index in [9.17, 15) is 27.1 Å². The van der Waals surface area contributed by atoms with E-state index < -0.39 is 32.5 Å². The van der Waals surface area contributed by atoms with E-state index in [4.69, 9.17) is 5.21 Å². The quantitative estimate of drug-likeness (QED) is 0.867. The molecule has 10 heteroatoms. The van der Waals surface area contributed by atoms with Crippen LogP contribution in [0.3, 0.4) is 0 Å². The van der Waals surface area contributed by atoms with Gasteiger partial charge in [-0.1, -0.05) is 12.1 Å². The Hall–Kier alpha value is -1.97. The Balaban J connectivity index is 3.06. The molecular formula is C10H10F3N2O4S+. The van der Waals surface area contributed by atoms with E-state index in [0.717, 1.165) is 12.3 Å². The molecular weight excluding hydrogens is 301 g/mol. The van der Waals surface area contributed by atoms with Gasteiger partial charge in [0.15, 0.2) is 0 Å². The summed E-state index contributed by atoms with van der Waals surface area (Å²) >= 11 is 0. The second-order valence-corrected chi connectivity index (χ2v) is 6.33. The number of amides is 1. The van der Waals surface area contributed by atoms with Crippen molar-refractivity contribution in [3.63, 3.8) is 0 Å². The molecule has 1 rings (SSSR count). The van der Waals surface area contributed by atoms with Gasteiger partial charge in [0.05, 0.1) is 20.4 Å². The maximum Gasteiger partial charge on any atom is 0.474 e. The van der Waals surface area contributed by atoms with Crippen molar-refractivity contribution in [1.82, 2.24) is 0 Å². The van der Waals surface area contributed by atoms with Crippen LogP contribution in [0.5, 0.6) is 0 Å². The van der Waals surface area contributed by atoms with Crippen molar-refractivity contribution in [3.05, 3.63) is 34.7 Å². The van der Waals surface area contributed by atoms with Gasteiger partial charge in [-0.05, 0) is 5.56 Å². The van der Waals surface area contributed by atoms with Gasteiger partial charge < -0.3 is 0 Å². The van der Waals surface area contributed by atoms with Crippen LogP contribution < -0.4 is 0 Å². The highest BCUT2D eigenvalue weighted by molar-refractivity contribution is 7.92. The number of carbonyl (C=O) groups excluding carboxylic acids is 1. The van der Waals surface area contributed by atoms with Crippen molar-refractivity contribution >= 4 is 21.3 Å². The second-order valence-electron chi connectivity index (χ2n) is 3.94. The SMILES string of the molecule is CS(=O)(Cc1cccc([N+](=O)O)c1)=NC(=O)C(F)(F)F. The van der Waals surface area contributed by atoms with Crippen molar-refractivity contribution in [1.29, 1.82) is 0 Å². The highest BCUT2D eigenvalue weighted by Gasteiger charge is 2.39. The van der Waals surface area contributed by atoms with Gasteiger partial charge in [-0.15, -0.1) is 0 Å². The minimum Gasteiger partial charge on any atom is -0.261 e. The molecule has 0 saturated carbocycles. The standard InChI is InChI=1S/C10H10F3N2O4S/c1-20(19,14-9(16)10(11,12)13)6-7-3-2-4-8(5-7)15(17)18/h2-5H,6H2,1H3,(H,17,18)/q+1. The van der Waals surface area contributed by atoms with Gasteiger partial charge >= 0.3 is 17.8 Å². The maximum atomic E-state index is 12.0. The zero-order valence-corrected chi connectivity index (χ0v) is 10.9. The molecule has 0 radical (unpaired) electrons. The average molecular weight is 311 g/mol. The third-order valence-corrected chi connectivity index (χ3v) is 3.51. The number of nitrogens with zero attached hydrogens (tertiary/aromatic N) is 2. The van der Waals surface area contributed by atoms with Gasteiger partial charge in [-0.2, -0.15) is 17.5 Å². The fourth-order valence-corrected chi connectivity index (χ4v) is 2.65. The molecule has 0 aromatic heterocycles. The third-order valence-electron chi connectivity index (χ3n) is 2.08. The molecule has 1 amide bonds. The Kier molecular flexibility index (Phi) is 4.48. The molecule has 0 aliphatic carbocycles. The van der Waals surface area contributed by atoms with Gasteiger partial charge in [0.2, 0.25) is 0 Å². The normalized spacial score (nSPS) is 14.4. The van der Waals surface area contributed by atoms with Crippen LogP contribution in [-0.2, 0) is 20.3 Å². The highest BCUT2D eigenvalue weighted by atomic mass is 32.2. The smallest absolute Gasteiger partial charge is 0.261 e. The summed E-state index contributed by atoms with van der Waals surface area (Å²) in [5.41, 5.74) is 0.0171. The molecule has 0 fully saturated rings. The fourth-order valence-electron chi connectivity index (χ4n) is 1.33. The Morgan fingerprint density at radius 3 is 2.55 bits per heavy atom. The Morgan fingerprint density at radius 2 is 2.05 bits per heavy atom. The van der Waals surface area contributed by atoms with E-state index in [1.165, 1.54) is 18.2 Å². The molecule has 0 spiro atoms. The topological polar surface area (TPSA) is 86.8 Å². The first-order chi connectivity index (χ1) is 9.01. The number of benzene rings is 1. The molecule has 1 atom stereocenters. The first kappa shape index (κ1) is 16.1. The summed E-state index contributed by atoms with van der Waals surface area (Å²) in [5, 5.41) is 8.68. The lowest BCUT2D eigenvalue weighted by molar-refractivity contribution is -0.729. The van der Waals surface area contributed by atoms with Gasteiger partial charge in [-0.25, -0.2) is 9.42 Å². The molecule has 0 aliphatic rings. The van der Waals surface area contributed by atoms with Crippen molar-refractivity contribution in [2.75, 3.05) is 6.26 Å². The maximum absolute atomic E-state index is 12.0. The fraction of sp³-hybridized carbons (Fsp3) is 0.300. The summed E-state index contributed by atoms with van der Waals surface area (Å²) in [7, 11) is -3.46. The minimum absolute atomic E-state index is 0.181. The molecule has 6 nitrogen and oxygen atoms in total. The summed E-state index contributed by atoms with van der Waals surface area (Å²) in [6.45, 7) is 0. The molecule has 0 aliphatic heterocycles. The number of alkyl halides is 3. The van der Waals surface area contributed by atoms with E-state index in [0.29, 0.717) is 0 Å². The van der Waals surface area contributed by atoms with Gasteiger partial charge in [0.1, 0.15) is 0 Å². The van der Waals surface area contributed by atoms with Gasteiger partial charge in [0.25, 0.3) is 4.92 Å². The third kappa shape index (κ3) is 4.61. The lowest BCUT2D eigenvalue weighted by Crippen LogP contribution is -2.22. The summed E-state index contributed by atoms with van der Waals surface area (Å²) in [6, 6.07) is 5.09. The van der Waals surface area contributed by atoms with Crippen LogP contribution in [0.15, 0.2) is 28.6 Å². The van der Waals surface area contributed by atoms with Crippen molar-refractivity contribution in [2.24, 2.45) is 4.36 Å². The minimum atomic E-state index is -5.18. The molecule has 1 N–H and O–H groups in total. The highest BCUT2D eigenvalue weighted by Crippen LogP contribution is 2.19. The monoisotopic (exact) mass is 311 g/mol. The van der Waals surface area contributed by atoms with Crippen LogP contribution in [0.1, 0.15) is 5.56 Å². The van der Waals surface area contributed by atoms with Crippen molar-refractivity contribution in [3.8, 4) is 0 Å². The molecule has 1 aromatic carbocycles. The van der Waals surface area contributed by atoms with E-state index in [1.54, 1.807) is 0 Å². The number of hydrogen-bond acceptors (Lipinski definition) is 3. The lowest BCUT2D eigenvalue weighted by Gasteiger charge is -2.05. The average Bonchev–Trinajstić information content (AvgIpc) is 2.26. The van der Waals surface area contributed by atoms with Crippen LogP contribution in [0.25, 0.3) is 0 Å². The van der Waals surface area contributed by atoms with Gasteiger partial charge in [-0.3, -0.25) is 4.79 Å². The number of halogens is 3. The van der Waals surface area contributed by atoms with Crippen LogP contribution in [0.2, 0.25) is 0 Å². The first-order valence-electron chi connectivity index (χ1n) is 5.07. The largest absolute Gasteiger partial charge is 0.474 e. The molecule has 110 valence electrons. The van der Waals surface area contributed by atoms with Crippen LogP contribution in [0.4, 0.5) is 18.9 Å². The van der Waals surface area contributed by atoms with Gasteiger partial charge in [0, 0.05) is 18.4 Å². The molecule has 0 bridgehead atoms. The Labute approximate surface area is 111 Å². The van der Waals surface area contributed by atoms with E-state index in [1.807, 2.05) is 0 Å². The first-order valence-corrected chi connectivity index (χ1v) is 7.16. The number of carbonyl (C=O) groups is 1. The van der Waals surface area contributed by atoms with Crippen molar-refractivity contribution in [2.45, 2.75) is 11.9 Å². The Morgan fingerprint density at radius 1 is 1.45 bits per heavy atom. The molecule has 0 saturated heterocycles. The van der Waals surface area contributed by atoms with E-state index >= 15 is 0 Å². The van der Waals surface area contributed by atoms with Crippen LogP contribution in [0, 0.1) is 4.91 Å². The predicted octanol–water partition coefficient (Wildman–Crippen LogP) is 2.17. The molecule has 0 heterocycles. The number of rotatable bonds is 3. The Bertz CT molecular complexity index is 663. The van der Waals surface area contributed by atoms with Crippen LogP contribution in [-0.4, -0.2) is 32.7 Å². The number of hydrogen-bond donors (Lipinski definition) is 1. The zero-order chi connectivity index (χ0) is 15.6. The molecule has 20 heavy (non-hydrogen) atoms. The van der Waals surface area contributed by atoms with E-state index in [2.05, 4.69) is 4.36 Å². The summed E-state index contributed by atoms with van der Waals surface area (Å²) in [4.78, 5) is 20.9. The summed E-state index contributed by atoms with van der Waals surface area (Å²) < 4.78 is 50.6. The lowest BCUT2D eigenvalue weighted by atomic mass is 10.2. The summed E-state index contributed by atoms with van der Waals surface area (Å²) in [6.07, 6.45) is -4.28. The van der Waals surface area contributed by atoms with Crippen molar-refractivity contribution < 1.29 is 32.3 Å². The predicted molar refractivity (Wildman–Crippen MR) is 62.8 cm³/mol. The summed E-state index contributed by atoms with van der Waals surface area (Å²) in [5.74, 6) is -2.88. The van der Waals surface area contributed by atoms with E-state index in [-0.39, 0.29) is 11.3 Å². The zero-order valence-electron chi connectivity index (χ0n) is 10.1. The van der Waals surface area contributed by atoms with Crippen LogP contribution >= 0.6 is 0 Å². The molecule has 1 aromatic rings. The second kappa shape index (κ2) is 5.57. The molecule has 1 unspecified atom stereocenters.